The molecule has 0 aromatic carbocycles. The van der Waals surface area contributed by atoms with Crippen LogP contribution in [-0.4, -0.2) is 25.0 Å². The van der Waals surface area contributed by atoms with Crippen LogP contribution in [-0.2, 0) is 4.79 Å². The lowest BCUT2D eigenvalue weighted by Gasteiger charge is -2.28. The van der Waals surface area contributed by atoms with Crippen LogP contribution in [0.25, 0.3) is 0 Å². The summed E-state index contributed by atoms with van der Waals surface area (Å²) in [5.41, 5.74) is 0. The molecule has 0 radical (unpaired) electrons. The van der Waals surface area contributed by atoms with Gasteiger partial charge in [-0.15, -0.1) is 0 Å². The maximum Gasteiger partial charge on any atom is 0.236 e. The molecule has 1 unspecified atom stereocenters. The zero-order chi connectivity index (χ0) is 12.7. The van der Waals surface area contributed by atoms with E-state index in [-0.39, 0.29) is 11.9 Å². The minimum Gasteiger partial charge on any atom is -0.355 e. The summed E-state index contributed by atoms with van der Waals surface area (Å²) in [6.07, 6.45) is 6.73. The van der Waals surface area contributed by atoms with Gasteiger partial charge >= 0.3 is 0 Å². The number of hydrogen-bond donors (Lipinski definition) is 2. The normalized spacial score (nSPS) is 26.5. The zero-order valence-corrected chi connectivity index (χ0v) is 11.6. The summed E-state index contributed by atoms with van der Waals surface area (Å²) >= 11 is 0. The summed E-state index contributed by atoms with van der Waals surface area (Å²) in [6, 6.07) is -0.0566. The molecule has 3 nitrogen and oxygen atoms in total. The first kappa shape index (κ1) is 14.5. The third-order valence-corrected chi connectivity index (χ3v) is 4.00. The molecule has 0 bridgehead atoms. The Morgan fingerprint density at radius 3 is 2.29 bits per heavy atom. The SMILES string of the molecule is CCNC(=O)C(C)NCC1CCC(CC)CC1. The van der Waals surface area contributed by atoms with E-state index in [0.717, 1.165) is 18.4 Å². The molecule has 0 heterocycles. The number of carbonyl (C=O) groups excluding carboxylic acids is 1. The van der Waals surface area contributed by atoms with Crippen LogP contribution in [0.15, 0.2) is 0 Å². The molecule has 1 rings (SSSR count). The molecule has 1 aliphatic rings. The van der Waals surface area contributed by atoms with E-state index in [9.17, 15) is 4.79 Å². The second kappa shape index (κ2) is 7.70. The van der Waals surface area contributed by atoms with Crippen LogP contribution in [0, 0.1) is 11.8 Å². The molecule has 0 aromatic rings. The molecule has 1 amide bonds. The lowest BCUT2D eigenvalue weighted by Crippen LogP contribution is -2.44. The van der Waals surface area contributed by atoms with Gasteiger partial charge in [-0.3, -0.25) is 4.79 Å². The highest BCUT2D eigenvalue weighted by molar-refractivity contribution is 5.81. The van der Waals surface area contributed by atoms with Gasteiger partial charge in [-0.1, -0.05) is 26.2 Å². The van der Waals surface area contributed by atoms with E-state index in [1.165, 1.54) is 32.1 Å². The molecule has 0 aromatic heterocycles. The quantitative estimate of drug-likeness (QED) is 0.748. The number of likely N-dealkylation sites (N-methyl/N-ethyl adjacent to an activating group) is 1. The number of carbonyl (C=O) groups is 1. The van der Waals surface area contributed by atoms with Crippen molar-refractivity contribution in [1.29, 1.82) is 0 Å². The first-order valence-electron chi connectivity index (χ1n) is 7.18. The molecule has 17 heavy (non-hydrogen) atoms. The Balaban J connectivity index is 2.16. The lowest BCUT2D eigenvalue weighted by molar-refractivity contribution is -0.122. The molecule has 3 heteroatoms. The van der Waals surface area contributed by atoms with Gasteiger partial charge in [0, 0.05) is 6.54 Å². The van der Waals surface area contributed by atoms with E-state index in [1.54, 1.807) is 0 Å². The van der Waals surface area contributed by atoms with Crippen molar-refractivity contribution in [3.8, 4) is 0 Å². The molecule has 0 spiro atoms. The van der Waals surface area contributed by atoms with E-state index < -0.39 is 0 Å². The third kappa shape index (κ3) is 5.07. The standard InChI is InChI=1S/C14H28N2O/c1-4-12-6-8-13(9-7-12)10-16-11(3)14(17)15-5-2/h11-13,16H,4-10H2,1-3H3,(H,15,17). The molecule has 1 saturated carbocycles. The Bertz CT molecular complexity index is 222. The van der Waals surface area contributed by atoms with Crippen molar-refractivity contribution in [3.63, 3.8) is 0 Å². The van der Waals surface area contributed by atoms with Crippen molar-refractivity contribution in [2.75, 3.05) is 13.1 Å². The number of nitrogens with one attached hydrogen (secondary N) is 2. The van der Waals surface area contributed by atoms with Crippen LogP contribution in [0.5, 0.6) is 0 Å². The summed E-state index contributed by atoms with van der Waals surface area (Å²) in [4.78, 5) is 11.5. The summed E-state index contributed by atoms with van der Waals surface area (Å²) in [5, 5.41) is 6.21. The molecule has 100 valence electrons. The van der Waals surface area contributed by atoms with Crippen LogP contribution >= 0.6 is 0 Å². The van der Waals surface area contributed by atoms with Crippen molar-refractivity contribution in [1.82, 2.24) is 10.6 Å². The average Bonchev–Trinajstić information content (AvgIpc) is 2.36. The van der Waals surface area contributed by atoms with Crippen LogP contribution in [0.4, 0.5) is 0 Å². The summed E-state index contributed by atoms with van der Waals surface area (Å²) in [6.45, 7) is 7.90. The summed E-state index contributed by atoms with van der Waals surface area (Å²) in [7, 11) is 0. The van der Waals surface area contributed by atoms with E-state index in [1.807, 2.05) is 13.8 Å². The Kier molecular flexibility index (Phi) is 6.56. The maximum absolute atomic E-state index is 11.5. The van der Waals surface area contributed by atoms with E-state index in [2.05, 4.69) is 17.6 Å². The fraction of sp³-hybridized carbons (Fsp3) is 0.929. The molecule has 2 N–H and O–H groups in total. The highest BCUT2D eigenvalue weighted by atomic mass is 16.2. The monoisotopic (exact) mass is 240 g/mol. The minimum absolute atomic E-state index is 0.0566. The van der Waals surface area contributed by atoms with Gasteiger partial charge in [0.2, 0.25) is 5.91 Å². The van der Waals surface area contributed by atoms with Crippen molar-refractivity contribution in [3.05, 3.63) is 0 Å². The lowest BCUT2D eigenvalue weighted by atomic mass is 9.81. The van der Waals surface area contributed by atoms with Gasteiger partial charge in [-0.2, -0.15) is 0 Å². The van der Waals surface area contributed by atoms with E-state index in [0.29, 0.717) is 6.54 Å². The van der Waals surface area contributed by atoms with Crippen LogP contribution < -0.4 is 10.6 Å². The largest absolute Gasteiger partial charge is 0.355 e. The molecular weight excluding hydrogens is 212 g/mol. The van der Waals surface area contributed by atoms with Crippen LogP contribution in [0.1, 0.15) is 52.9 Å². The van der Waals surface area contributed by atoms with E-state index >= 15 is 0 Å². The third-order valence-electron chi connectivity index (χ3n) is 4.00. The molecule has 1 aliphatic carbocycles. The Morgan fingerprint density at radius 1 is 1.18 bits per heavy atom. The Hall–Kier alpha value is -0.570. The van der Waals surface area contributed by atoms with E-state index in [4.69, 9.17) is 0 Å². The number of amides is 1. The molecule has 1 fully saturated rings. The van der Waals surface area contributed by atoms with Gasteiger partial charge < -0.3 is 10.6 Å². The highest BCUT2D eigenvalue weighted by Gasteiger charge is 2.21. The second-order valence-electron chi connectivity index (χ2n) is 5.32. The van der Waals surface area contributed by atoms with Gasteiger partial charge in [0.15, 0.2) is 0 Å². The first-order valence-corrected chi connectivity index (χ1v) is 7.18. The topological polar surface area (TPSA) is 41.1 Å². The Morgan fingerprint density at radius 2 is 1.76 bits per heavy atom. The molecule has 0 saturated heterocycles. The smallest absolute Gasteiger partial charge is 0.236 e. The zero-order valence-electron chi connectivity index (χ0n) is 11.6. The van der Waals surface area contributed by atoms with Crippen molar-refractivity contribution in [2.45, 2.75) is 58.9 Å². The maximum atomic E-state index is 11.5. The van der Waals surface area contributed by atoms with Crippen LogP contribution in [0.3, 0.4) is 0 Å². The molecular formula is C14H28N2O. The van der Waals surface area contributed by atoms with Crippen molar-refractivity contribution in [2.24, 2.45) is 11.8 Å². The summed E-state index contributed by atoms with van der Waals surface area (Å²) < 4.78 is 0. The second-order valence-corrected chi connectivity index (χ2v) is 5.32. The number of rotatable bonds is 6. The predicted octanol–water partition coefficient (Wildman–Crippen LogP) is 2.32. The molecule has 1 atom stereocenters. The fourth-order valence-electron chi connectivity index (χ4n) is 2.61. The van der Waals surface area contributed by atoms with Gasteiger partial charge in [-0.25, -0.2) is 0 Å². The number of hydrogen-bond acceptors (Lipinski definition) is 2. The average molecular weight is 240 g/mol. The summed E-state index contributed by atoms with van der Waals surface area (Å²) in [5.74, 6) is 1.84. The fourth-order valence-corrected chi connectivity index (χ4v) is 2.61. The van der Waals surface area contributed by atoms with Crippen molar-refractivity contribution < 1.29 is 4.79 Å². The molecule has 0 aliphatic heterocycles. The predicted molar refractivity (Wildman–Crippen MR) is 71.9 cm³/mol. The van der Waals surface area contributed by atoms with Gasteiger partial charge in [0.05, 0.1) is 6.04 Å². The minimum atomic E-state index is -0.0566. The first-order chi connectivity index (χ1) is 8.17. The van der Waals surface area contributed by atoms with Gasteiger partial charge in [-0.05, 0) is 45.1 Å². The van der Waals surface area contributed by atoms with Crippen LogP contribution in [0.2, 0.25) is 0 Å². The van der Waals surface area contributed by atoms with Crippen molar-refractivity contribution >= 4 is 5.91 Å². The van der Waals surface area contributed by atoms with Gasteiger partial charge in [0.1, 0.15) is 0 Å². The Labute approximate surface area is 106 Å². The highest BCUT2D eigenvalue weighted by Crippen LogP contribution is 2.30. The van der Waals surface area contributed by atoms with Gasteiger partial charge in [0.25, 0.3) is 0 Å².